The fourth-order valence-electron chi connectivity index (χ4n) is 0.993. The first-order valence-corrected chi connectivity index (χ1v) is 4.39. The number of hydrogen-bond acceptors (Lipinski definition) is 2. The van der Waals surface area contributed by atoms with Gasteiger partial charge in [0.15, 0.2) is 0 Å². The van der Waals surface area contributed by atoms with Gasteiger partial charge in [0.25, 0.3) is 0 Å². The minimum Gasteiger partial charge on any atom is -0.508 e. The van der Waals surface area contributed by atoms with Crippen LogP contribution in [0, 0.1) is 0 Å². The average Bonchev–Trinajstić information content (AvgIpc) is 2.08. The molecule has 0 bridgehead atoms. The molecule has 0 radical (unpaired) electrons. The fraction of sp³-hybridized carbons (Fsp3) is 0.200. The highest BCUT2D eigenvalue weighted by atomic mass is 35.5. The second kappa shape index (κ2) is 4.90. The summed E-state index contributed by atoms with van der Waals surface area (Å²) in [5.41, 5.74) is 0.861. The van der Waals surface area contributed by atoms with Gasteiger partial charge >= 0.3 is 0 Å². The molecule has 0 aromatic heterocycles. The van der Waals surface area contributed by atoms with E-state index < -0.39 is 0 Å². The summed E-state index contributed by atoms with van der Waals surface area (Å²) < 4.78 is 0. The second-order valence-corrected chi connectivity index (χ2v) is 3.28. The number of phenolic OH excluding ortho intramolecular Hbond substituents is 1. The number of benzene rings is 1. The standard InChI is InChI=1S/C10H12ClNO/c1-8(11)6-12-7-9-4-2-3-5-10(9)13/h2-5,12-13H,1,6-7H2. The van der Waals surface area contributed by atoms with Crippen molar-refractivity contribution in [3.05, 3.63) is 41.4 Å². The summed E-state index contributed by atoms with van der Waals surface area (Å²) in [7, 11) is 0. The number of halogens is 1. The Kier molecular flexibility index (Phi) is 3.80. The van der Waals surface area contributed by atoms with Crippen molar-refractivity contribution in [1.82, 2.24) is 5.32 Å². The highest BCUT2D eigenvalue weighted by Gasteiger charge is 1.97. The Morgan fingerprint density at radius 1 is 1.46 bits per heavy atom. The smallest absolute Gasteiger partial charge is 0.120 e. The summed E-state index contributed by atoms with van der Waals surface area (Å²) in [6, 6.07) is 7.19. The van der Waals surface area contributed by atoms with Crippen LogP contribution in [0.3, 0.4) is 0 Å². The molecular formula is C10H12ClNO. The predicted molar refractivity (Wildman–Crippen MR) is 54.8 cm³/mol. The van der Waals surface area contributed by atoms with E-state index in [1.807, 2.05) is 12.1 Å². The SMILES string of the molecule is C=C(Cl)CNCc1ccccc1O. The number of aromatic hydroxyl groups is 1. The van der Waals surface area contributed by atoms with Gasteiger partial charge in [-0.05, 0) is 6.07 Å². The molecule has 0 aliphatic heterocycles. The molecule has 3 heteroatoms. The van der Waals surface area contributed by atoms with Crippen molar-refractivity contribution in [3.8, 4) is 5.75 Å². The first kappa shape index (κ1) is 10.1. The van der Waals surface area contributed by atoms with Crippen LogP contribution in [0.15, 0.2) is 35.9 Å². The molecular weight excluding hydrogens is 186 g/mol. The number of rotatable bonds is 4. The third-order valence-corrected chi connectivity index (χ3v) is 1.76. The van der Waals surface area contributed by atoms with Crippen molar-refractivity contribution >= 4 is 11.6 Å². The summed E-state index contributed by atoms with van der Waals surface area (Å²) in [4.78, 5) is 0. The highest BCUT2D eigenvalue weighted by Crippen LogP contribution is 2.14. The summed E-state index contributed by atoms with van der Waals surface area (Å²) in [5, 5.41) is 13.0. The Bertz CT molecular complexity index is 299. The van der Waals surface area contributed by atoms with Gasteiger partial charge in [-0.1, -0.05) is 36.4 Å². The monoisotopic (exact) mass is 197 g/mol. The van der Waals surface area contributed by atoms with Gasteiger partial charge in [-0.2, -0.15) is 0 Å². The molecule has 1 aromatic carbocycles. The molecule has 0 saturated heterocycles. The maximum atomic E-state index is 9.38. The average molecular weight is 198 g/mol. The molecule has 0 heterocycles. The van der Waals surface area contributed by atoms with Gasteiger partial charge in [0.1, 0.15) is 5.75 Å². The Balaban J connectivity index is 2.45. The van der Waals surface area contributed by atoms with E-state index in [1.54, 1.807) is 12.1 Å². The molecule has 0 saturated carbocycles. The molecule has 0 aliphatic carbocycles. The molecule has 1 rings (SSSR count). The predicted octanol–water partition coefficient (Wildman–Crippen LogP) is 2.23. The van der Waals surface area contributed by atoms with Gasteiger partial charge in [-0.3, -0.25) is 0 Å². The van der Waals surface area contributed by atoms with Crippen molar-refractivity contribution in [1.29, 1.82) is 0 Å². The van der Waals surface area contributed by atoms with E-state index in [2.05, 4.69) is 11.9 Å². The number of para-hydroxylation sites is 1. The Hall–Kier alpha value is -0.990. The lowest BCUT2D eigenvalue weighted by Crippen LogP contribution is -2.14. The molecule has 0 unspecified atom stereocenters. The highest BCUT2D eigenvalue weighted by molar-refractivity contribution is 6.29. The van der Waals surface area contributed by atoms with Crippen molar-refractivity contribution in [2.45, 2.75) is 6.54 Å². The van der Waals surface area contributed by atoms with E-state index in [0.717, 1.165) is 5.56 Å². The summed E-state index contributed by atoms with van der Waals surface area (Å²) in [6.45, 7) is 4.70. The molecule has 0 atom stereocenters. The van der Waals surface area contributed by atoms with E-state index >= 15 is 0 Å². The quantitative estimate of drug-likeness (QED) is 0.776. The van der Waals surface area contributed by atoms with Crippen LogP contribution in [0.25, 0.3) is 0 Å². The number of phenols is 1. The van der Waals surface area contributed by atoms with E-state index in [1.165, 1.54) is 0 Å². The van der Waals surface area contributed by atoms with Crippen molar-refractivity contribution in [2.75, 3.05) is 6.54 Å². The van der Waals surface area contributed by atoms with Gasteiger partial charge in [0, 0.05) is 23.7 Å². The third kappa shape index (κ3) is 3.49. The summed E-state index contributed by atoms with van der Waals surface area (Å²) in [6.07, 6.45) is 0. The fourth-order valence-corrected chi connectivity index (χ4v) is 1.09. The van der Waals surface area contributed by atoms with Crippen molar-refractivity contribution in [3.63, 3.8) is 0 Å². The number of nitrogens with one attached hydrogen (secondary N) is 1. The lowest BCUT2D eigenvalue weighted by atomic mass is 10.2. The lowest BCUT2D eigenvalue weighted by Gasteiger charge is -2.04. The maximum Gasteiger partial charge on any atom is 0.120 e. The van der Waals surface area contributed by atoms with Crippen LogP contribution in [-0.2, 0) is 6.54 Å². The zero-order chi connectivity index (χ0) is 9.68. The molecule has 13 heavy (non-hydrogen) atoms. The summed E-state index contributed by atoms with van der Waals surface area (Å²) >= 11 is 5.56. The normalized spacial score (nSPS) is 9.92. The largest absolute Gasteiger partial charge is 0.508 e. The molecule has 0 fully saturated rings. The van der Waals surface area contributed by atoms with Crippen LogP contribution in [0.1, 0.15) is 5.56 Å². The molecule has 2 nitrogen and oxygen atoms in total. The molecule has 1 aromatic rings. The molecule has 0 spiro atoms. The molecule has 0 amide bonds. The van der Waals surface area contributed by atoms with E-state index in [4.69, 9.17) is 11.6 Å². The molecule has 2 N–H and O–H groups in total. The zero-order valence-corrected chi connectivity index (χ0v) is 8.01. The minimum atomic E-state index is 0.301. The van der Waals surface area contributed by atoms with Gasteiger partial charge < -0.3 is 10.4 Å². The van der Waals surface area contributed by atoms with Crippen LogP contribution in [0.2, 0.25) is 0 Å². The maximum absolute atomic E-state index is 9.38. The lowest BCUT2D eigenvalue weighted by molar-refractivity contribution is 0.465. The number of hydrogen-bond donors (Lipinski definition) is 2. The summed E-state index contributed by atoms with van der Waals surface area (Å²) in [5.74, 6) is 0.301. The second-order valence-electron chi connectivity index (χ2n) is 2.75. The van der Waals surface area contributed by atoms with Gasteiger partial charge in [0.2, 0.25) is 0 Å². The van der Waals surface area contributed by atoms with Crippen molar-refractivity contribution in [2.24, 2.45) is 0 Å². The van der Waals surface area contributed by atoms with E-state index in [9.17, 15) is 5.11 Å². The van der Waals surface area contributed by atoms with E-state index in [0.29, 0.717) is 23.9 Å². The van der Waals surface area contributed by atoms with E-state index in [-0.39, 0.29) is 0 Å². The Labute approximate surface area is 82.8 Å². The van der Waals surface area contributed by atoms with Gasteiger partial charge in [-0.15, -0.1) is 0 Å². The van der Waals surface area contributed by atoms with Crippen LogP contribution < -0.4 is 5.32 Å². The van der Waals surface area contributed by atoms with Gasteiger partial charge in [-0.25, -0.2) is 0 Å². The van der Waals surface area contributed by atoms with Crippen LogP contribution in [-0.4, -0.2) is 11.7 Å². The van der Waals surface area contributed by atoms with Crippen LogP contribution >= 0.6 is 11.6 Å². The first-order chi connectivity index (χ1) is 6.20. The molecule has 0 aliphatic rings. The van der Waals surface area contributed by atoms with Crippen LogP contribution in [0.4, 0.5) is 0 Å². The first-order valence-electron chi connectivity index (χ1n) is 4.01. The molecule has 70 valence electrons. The Morgan fingerprint density at radius 3 is 2.77 bits per heavy atom. The van der Waals surface area contributed by atoms with Crippen LogP contribution in [0.5, 0.6) is 5.75 Å². The Morgan fingerprint density at radius 2 is 2.15 bits per heavy atom. The minimum absolute atomic E-state index is 0.301. The third-order valence-electron chi connectivity index (χ3n) is 1.62. The zero-order valence-electron chi connectivity index (χ0n) is 7.26. The topological polar surface area (TPSA) is 32.3 Å². The van der Waals surface area contributed by atoms with Crippen molar-refractivity contribution < 1.29 is 5.11 Å². The van der Waals surface area contributed by atoms with Gasteiger partial charge in [0.05, 0.1) is 0 Å².